The van der Waals surface area contributed by atoms with E-state index in [-0.39, 0.29) is 28.9 Å². The van der Waals surface area contributed by atoms with Gasteiger partial charge in [-0.3, -0.25) is 9.55 Å². The van der Waals surface area contributed by atoms with Gasteiger partial charge in [0.2, 0.25) is 23.1 Å². The first kappa shape index (κ1) is 17.7. The summed E-state index contributed by atoms with van der Waals surface area (Å²) in [6, 6.07) is 8.19. The van der Waals surface area contributed by atoms with Gasteiger partial charge in [-0.05, 0) is 29.1 Å². The zero-order valence-corrected chi connectivity index (χ0v) is 15.0. The molecule has 1 aromatic carbocycles. The van der Waals surface area contributed by atoms with Gasteiger partial charge in [-0.2, -0.15) is 15.0 Å². The predicted octanol–water partition coefficient (Wildman–Crippen LogP) is 2.18. The van der Waals surface area contributed by atoms with E-state index in [1.165, 1.54) is 12.6 Å². The Balaban J connectivity index is 1.74. The first-order valence-corrected chi connectivity index (χ1v) is 8.32. The van der Waals surface area contributed by atoms with Crippen molar-refractivity contribution in [2.45, 2.75) is 19.9 Å². The fourth-order valence-electron chi connectivity index (χ4n) is 2.27. The van der Waals surface area contributed by atoms with Crippen molar-refractivity contribution in [3.8, 4) is 5.88 Å². The monoisotopic (exact) mass is 375 g/mol. The van der Waals surface area contributed by atoms with Crippen LogP contribution >= 0.6 is 11.6 Å². The smallest absolute Gasteiger partial charge is 0.329 e. The van der Waals surface area contributed by atoms with Gasteiger partial charge in [0.1, 0.15) is 0 Å². The molecule has 9 nitrogen and oxygen atoms in total. The number of imidazole rings is 1. The fraction of sp³-hybridized carbons (Fsp3) is 0.250. The lowest BCUT2D eigenvalue weighted by Crippen LogP contribution is -2.11. The number of halogens is 1. The molecule has 0 radical (unpaired) electrons. The molecule has 10 heteroatoms. The number of nitrogens with one attached hydrogen (secondary N) is 3. The topological polar surface area (TPSA) is 121 Å². The van der Waals surface area contributed by atoms with Crippen LogP contribution in [-0.2, 0) is 20.0 Å². The molecule has 0 saturated heterocycles. The first-order chi connectivity index (χ1) is 12.5. The van der Waals surface area contributed by atoms with Crippen molar-refractivity contribution >= 4 is 29.3 Å². The van der Waals surface area contributed by atoms with Crippen molar-refractivity contribution in [3.05, 3.63) is 51.2 Å². The van der Waals surface area contributed by atoms with E-state index in [9.17, 15) is 9.90 Å². The summed E-state index contributed by atoms with van der Waals surface area (Å²) < 4.78 is 1.05. The Labute approximate surface area is 154 Å². The summed E-state index contributed by atoms with van der Waals surface area (Å²) in [5.41, 5.74) is 1.86. The Morgan fingerprint density at radius 1 is 1.15 bits per heavy atom. The third-order valence-electron chi connectivity index (χ3n) is 3.80. The van der Waals surface area contributed by atoms with Crippen LogP contribution in [0, 0.1) is 0 Å². The number of nitrogens with zero attached hydrogens (tertiary/aromatic N) is 4. The molecule has 26 heavy (non-hydrogen) atoms. The molecule has 0 spiro atoms. The van der Waals surface area contributed by atoms with E-state index in [0.29, 0.717) is 6.54 Å². The van der Waals surface area contributed by atoms with Crippen molar-refractivity contribution in [3.63, 3.8) is 0 Å². The molecule has 0 unspecified atom stereocenters. The van der Waals surface area contributed by atoms with Crippen molar-refractivity contribution in [1.29, 1.82) is 0 Å². The molecule has 136 valence electrons. The highest BCUT2D eigenvalue weighted by molar-refractivity contribution is 6.28. The number of aromatic hydroxyl groups is 1. The maximum Gasteiger partial charge on any atom is 0.329 e. The van der Waals surface area contributed by atoms with Crippen molar-refractivity contribution < 1.29 is 5.11 Å². The number of hydrogen-bond donors (Lipinski definition) is 4. The van der Waals surface area contributed by atoms with Gasteiger partial charge in [-0.1, -0.05) is 31.2 Å². The van der Waals surface area contributed by atoms with Crippen molar-refractivity contribution in [2.24, 2.45) is 7.05 Å². The van der Waals surface area contributed by atoms with Crippen LogP contribution < -0.4 is 16.3 Å². The Bertz CT molecular complexity index is 966. The maximum absolute atomic E-state index is 11.5. The summed E-state index contributed by atoms with van der Waals surface area (Å²) in [6.07, 6.45) is 0.986. The summed E-state index contributed by atoms with van der Waals surface area (Å²) in [6.45, 7) is 2.61. The molecule has 0 saturated carbocycles. The predicted molar refractivity (Wildman–Crippen MR) is 99.0 cm³/mol. The van der Waals surface area contributed by atoms with Gasteiger partial charge < -0.3 is 15.7 Å². The van der Waals surface area contributed by atoms with Crippen LogP contribution in [0.25, 0.3) is 0 Å². The normalized spacial score (nSPS) is 10.7. The lowest BCUT2D eigenvalue weighted by atomic mass is 10.1. The third kappa shape index (κ3) is 3.94. The largest absolute Gasteiger partial charge is 0.492 e. The molecular weight excluding hydrogens is 358 g/mol. The minimum Gasteiger partial charge on any atom is -0.492 e. The number of anilines is 3. The first-order valence-electron chi connectivity index (χ1n) is 7.94. The van der Waals surface area contributed by atoms with Crippen molar-refractivity contribution in [2.75, 3.05) is 10.6 Å². The van der Waals surface area contributed by atoms with E-state index in [1.54, 1.807) is 0 Å². The average molecular weight is 376 g/mol. The van der Waals surface area contributed by atoms with E-state index in [0.717, 1.165) is 16.6 Å². The van der Waals surface area contributed by atoms with E-state index in [2.05, 4.69) is 49.6 Å². The van der Waals surface area contributed by atoms with E-state index >= 15 is 0 Å². The molecule has 0 aliphatic rings. The fourth-order valence-corrected chi connectivity index (χ4v) is 2.43. The van der Waals surface area contributed by atoms with Crippen LogP contribution in [0.1, 0.15) is 18.1 Å². The number of H-pyrrole nitrogens is 1. The summed E-state index contributed by atoms with van der Waals surface area (Å²) >= 11 is 5.93. The molecule has 2 aromatic heterocycles. The van der Waals surface area contributed by atoms with Crippen LogP contribution in [0.3, 0.4) is 0 Å². The van der Waals surface area contributed by atoms with Gasteiger partial charge in [0.05, 0.1) is 0 Å². The zero-order chi connectivity index (χ0) is 18.7. The molecule has 0 aliphatic heterocycles. The number of hydrogen-bond acceptors (Lipinski definition) is 7. The zero-order valence-electron chi connectivity index (χ0n) is 14.2. The van der Waals surface area contributed by atoms with Gasteiger partial charge in [0.15, 0.2) is 5.82 Å². The molecule has 0 bridgehead atoms. The second-order valence-electron chi connectivity index (χ2n) is 5.59. The van der Waals surface area contributed by atoms with E-state index < -0.39 is 5.69 Å². The standard InChI is InChI=1S/C16H18ClN7O2/c1-3-9-4-6-10(7-5-9)8-18-14-21-13(17)22-15(23-14)19-11-12(25)24(2)16(26)20-11/h4-7,25H,3,8H2,1-2H3,(H,20,26)(H2,18,19,21,22,23). The second-order valence-corrected chi connectivity index (χ2v) is 5.93. The Hall–Kier alpha value is -3.07. The number of aromatic nitrogens is 5. The van der Waals surface area contributed by atoms with Crippen LogP contribution in [0.5, 0.6) is 5.88 Å². The number of aromatic amines is 1. The number of benzene rings is 1. The SMILES string of the molecule is CCc1ccc(CNc2nc(Cl)nc(Nc3[nH]c(=O)n(C)c3O)n2)cc1. The van der Waals surface area contributed by atoms with Crippen LogP contribution in [0.2, 0.25) is 5.28 Å². The second kappa shape index (κ2) is 7.44. The maximum atomic E-state index is 11.5. The molecule has 3 aromatic rings. The molecule has 0 fully saturated rings. The average Bonchev–Trinajstić information content (AvgIpc) is 2.87. The van der Waals surface area contributed by atoms with Gasteiger partial charge in [-0.15, -0.1) is 0 Å². The molecule has 2 heterocycles. The molecule has 0 aliphatic carbocycles. The lowest BCUT2D eigenvalue weighted by molar-refractivity contribution is 0.432. The lowest BCUT2D eigenvalue weighted by Gasteiger charge is -2.08. The summed E-state index contributed by atoms with van der Waals surface area (Å²) in [5.74, 6) is 0.161. The van der Waals surface area contributed by atoms with Crippen LogP contribution in [-0.4, -0.2) is 29.6 Å². The summed E-state index contributed by atoms with van der Waals surface area (Å²) in [4.78, 5) is 26.1. The Kier molecular flexibility index (Phi) is 5.08. The van der Waals surface area contributed by atoms with E-state index in [4.69, 9.17) is 11.6 Å². The van der Waals surface area contributed by atoms with Crippen LogP contribution in [0.4, 0.5) is 17.7 Å². The van der Waals surface area contributed by atoms with Crippen LogP contribution in [0.15, 0.2) is 29.1 Å². The van der Waals surface area contributed by atoms with Gasteiger partial charge in [0, 0.05) is 13.6 Å². The number of aryl methyl sites for hydroxylation is 1. The minimum absolute atomic E-state index is 0.0240. The van der Waals surface area contributed by atoms with Gasteiger partial charge >= 0.3 is 5.69 Å². The minimum atomic E-state index is -0.473. The third-order valence-corrected chi connectivity index (χ3v) is 3.97. The highest BCUT2D eigenvalue weighted by Crippen LogP contribution is 2.21. The molecule has 0 atom stereocenters. The highest BCUT2D eigenvalue weighted by Gasteiger charge is 2.13. The van der Waals surface area contributed by atoms with Crippen molar-refractivity contribution in [1.82, 2.24) is 24.5 Å². The quantitative estimate of drug-likeness (QED) is 0.521. The summed E-state index contributed by atoms with van der Waals surface area (Å²) in [7, 11) is 1.43. The Morgan fingerprint density at radius 2 is 1.81 bits per heavy atom. The van der Waals surface area contributed by atoms with Gasteiger partial charge in [-0.25, -0.2) is 4.79 Å². The highest BCUT2D eigenvalue weighted by atomic mass is 35.5. The molecular formula is C16H18ClN7O2. The van der Waals surface area contributed by atoms with E-state index in [1.807, 2.05) is 12.1 Å². The number of rotatable bonds is 6. The molecule has 0 amide bonds. The molecule has 4 N–H and O–H groups in total. The molecule has 3 rings (SSSR count). The Morgan fingerprint density at radius 3 is 2.42 bits per heavy atom. The summed E-state index contributed by atoms with van der Waals surface area (Å²) in [5, 5.41) is 15.6. The van der Waals surface area contributed by atoms with Gasteiger partial charge in [0.25, 0.3) is 0 Å².